The average molecular weight is 357 g/mol. The van der Waals surface area contributed by atoms with Crippen molar-refractivity contribution in [2.45, 2.75) is 33.7 Å². The zero-order valence-electron chi connectivity index (χ0n) is 15.2. The van der Waals surface area contributed by atoms with Crippen LogP contribution in [0.1, 0.15) is 47.8 Å². The van der Waals surface area contributed by atoms with Gasteiger partial charge in [0, 0.05) is 10.3 Å². The molecule has 3 aromatic rings. The number of methoxy groups -OCH3 is 1. The van der Waals surface area contributed by atoms with E-state index in [4.69, 9.17) is 9.15 Å². The number of benzene rings is 1. The second-order valence-corrected chi connectivity index (χ2v) is 8.16. The summed E-state index contributed by atoms with van der Waals surface area (Å²) in [4.78, 5) is 14.2. The van der Waals surface area contributed by atoms with Gasteiger partial charge in [0.25, 0.3) is 5.91 Å². The molecule has 0 radical (unpaired) electrons. The monoisotopic (exact) mass is 357 g/mol. The minimum Gasteiger partial charge on any atom is -0.497 e. The van der Waals surface area contributed by atoms with E-state index in [1.165, 1.54) is 0 Å². The number of aryl methyl sites for hydroxylation is 1. The van der Waals surface area contributed by atoms with Crippen LogP contribution in [0.25, 0.3) is 11.0 Å². The van der Waals surface area contributed by atoms with Crippen molar-refractivity contribution in [1.29, 1.82) is 0 Å². The molecule has 0 saturated heterocycles. The molecule has 0 fully saturated rings. The number of rotatable bonds is 4. The Morgan fingerprint density at radius 1 is 1.28 bits per heavy atom. The van der Waals surface area contributed by atoms with Crippen LogP contribution in [0.2, 0.25) is 0 Å². The smallest absolute Gasteiger partial charge is 0.255 e. The summed E-state index contributed by atoms with van der Waals surface area (Å²) >= 11 is 1.65. The lowest BCUT2D eigenvalue weighted by molar-refractivity contribution is 0.0903. The molecule has 0 aliphatic rings. The highest BCUT2D eigenvalue weighted by Gasteiger charge is 2.30. The van der Waals surface area contributed by atoms with Gasteiger partial charge < -0.3 is 14.5 Å². The molecular formula is C20H23NO3S. The lowest BCUT2D eigenvalue weighted by Gasteiger charge is -2.30. The van der Waals surface area contributed by atoms with E-state index in [1.54, 1.807) is 18.4 Å². The van der Waals surface area contributed by atoms with Crippen molar-refractivity contribution in [3.05, 3.63) is 51.9 Å². The highest BCUT2D eigenvalue weighted by atomic mass is 32.1. The first-order valence-corrected chi connectivity index (χ1v) is 9.10. The van der Waals surface area contributed by atoms with E-state index in [0.29, 0.717) is 22.7 Å². The fourth-order valence-electron chi connectivity index (χ4n) is 2.98. The van der Waals surface area contributed by atoms with Gasteiger partial charge >= 0.3 is 0 Å². The molecule has 1 amide bonds. The van der Waals surface area contributed by atoms with Crippen LogP contribution in [-0.2, 0) is 0 Å². The maximum Gasteiger partial charge on any atom is 0.255 e. The number of hydrogen-bond donors (Lipinski definition) is 1. The molecule has 2 heterocycles. The minimum atomic E-state index is -0.127. The van der Waals surface area contributed by atoms with Crippen LogP contribution in [0.5, 0.6) is 5.75 Å². The molecule has 0 bridgehead atoms. The normalized spacial score (nSPS) is 13.0. The van der Waals surface area contributed by atoms with Gasteiger partial charge in [-0.15, -0.1) is 11.3 Å². The largest absolute Gasteiger partial charge is 0.497 e. The molecule has 0 unspecified atom stereocenters. The van der Waals surface area contributed by atoms with Crippen LogP contribution in [-0.4, -0.2) is 13.0 Å². The molecule has 0 aliphatic heterocycles. The van der Waals surface area contributed by atoms with Crippen LogP contribution < -0.4 is 10.1 Å². The highest BCUT2D eigenvalue weighted by molar-refractivity contribution is 7.10. The quantitative estimate of drug-likeness (QED) is 0.687. The predicted octanol–water partition coefficient (Wildman–Crippen LogP) is 5.33. The van der Waals surface area contributed by atoms with E-state index in [2.05, 4.69) is 32.2 Å². The van der Waals surface area contributed by atoms with Crippen molar-refractivity contribution in [3.8, 4) is 5.75 Å². The van der Waals surface area contributed by atoms with Crippen LogP contribution in [0.3, 0.4) is 0 Å². The third-order valence-corrected chi connectivity index (χ3v) is 5.20. The van der Waals surface area contributed by atoms with Gasteiger partial charge in [-0.25, -0.2) is 0 Å². The molecule has 1 N–H and O–H groups in total. The lowest BCUT2D eigenvalue weighted by atomic mass is 9.85. The van der Waals surface area contributed by atoms with Crippen molar-refractivity contribution in [2.75, 3.05) is 7.11 Å². The second kappa shape index (κ2) is 6.56. The summed E-state index contributed by atoms with van der Waals surface area (Å²) in [5.41, 5.74) is 1.15. The van der Waals surface area contributed by atoms with E-state index in [9.17, 15) is 4.79 Å². The molecule has 2 aromatic heterocycles. The minimum absolute atomic E-state index is 0.0741. The fraction of sp³-hybridized carbons (Fsp3) is 0.350. The number of furan rings is 1. The van der Waals surface area contributed by atoms with Crippen molar-refractivity contribution in [2.24, 2.45) is 5.41 Å². The molecular weight excluding hydrogens is 334 g/mol. The van der Waals surface area contributed by atoms with E-state index in [0.717, 1.165) is 10.3 Å². The maximum atomic E-state index is 13.1. The Labute approximate surface area is 151 Å². The number of ether oxygens (including phenoxy) is 1. The number of fused-ring (bicyclic) bond motifs is 1. The summed E-state index contributed by atoms with van der Waals surface area (Å²) in [5.74, 6) is 1.19. The van der Waals surface area contributed by atoms with Crippen LogP contribution >= 0.6 is 11.3 Å². The summed E-state index contributed by atoms with van der Waals surface area (Å²) in [6, 6.07) is 9.50. The third-order valence-electron chi connectivity index (χ3n) is 4.27. The van der Waals surface area contributed by atoms with Crippen LogP contribution in [0.4, 0.5) is 0 Å². The van der Waals surface area contributed by atoms with Crippen molar-refractivity contribution < 1.29 is 13.9 Å². The predicted molar refractivity (Wildman–Crippen MR) is 101 cm³/mol. The van der Waals surface area contributed by atoms with Gasteiger partial charge in [0.05, 0.1) is 18.7 Å². The topological polar surface area (TPSA) is 51.5 Å². The molecule has 0 spiro atoms. The number of carbonyl (C=O) groups excluding carboxylic acids is 1. The second-order valence-electron chi connectivity index (χ2n) is 7.18. The number of thiophene rings is 1. The zero-order valence-corrected chi connectivity index (χ0v) is 16.0. The molecule has 132 valence electrons. The van der Waals surface area contributed by atoms with Gasteiger partial charge in [0.1, 0.15) is 17.1 Å². The first-order chi connectivity index (χ1) is 11.8. The first kappa shape index (κ1) is 17.5. The SMILES string of the molecule is COc1ccc2oc(C)c(C(=O)N[C@@H](c3cccs3)C(C)(C)C)c2c1. The van der Waals surface area contributed by atoms with Gasteiger partial charge in [0.15, 0.2) is 0 Å². The van der Waals surface area contributed by atoms with Gasteiger partial charge in [-0.05, 0) is 42.0 Å². The van der Waals surface area contributed by atoms with E-state index in [1.807, 2.05) is 36.6 Å². The highest BCUT2D eigenvalue weighted by Crippen LogP contribution is 2.36. The van der Waals surface area contributed by atoms with Gasteiger partial charge in [-0.2, -0.15) is 0 Å². The summed E-state index contributed by atoms with van der Waals surface area (Å²) in [6.07, 6.45) is 0. The Morgan fingerprint density at radius 2 is 2.04 bits per heavy atom. The van der Waals surface area contributed by atoms with Crippen LogP contribution in [0.15, 0.2) is 40.1 Å². The van der Waals surface area contributed by atoms with Crippen molar-refractivity contribution >= 4 is 28.2 Å². The third kappa shape index (κ3) is 3.42. The fourth-order valence-corrected chi connectivity index (χ4v) is 4.00. The molecule has 0 aliphatic carbocycles. The average Bonchev–Trinajstić information content (AvgIpc) is 3.17. The number of hydrogen-bond acceptors (Lipinski definition) is 4. The van der Waals surface area contributed by atoms with E-state index >= 15 is 0 Å². The van der Waals surface area contributed by atoms with E-state index in [-0.39, 0.29) is 17.4 Å². The van der Waals surface area contributed by atoms with Gasteiger partial charge in [0.2, 0.25) is 0 Å². The van der Waals surface area contributed by atoms with Gasteiger partial charge in [-0.1, -0.05) is 26.8 Å². The molecule has 1 atom stereocenters. The Morgan fingerprint density at radius 3 is 2.64 bits per heavy atom. The number of amides is 1. The Hall–Kier alpha value is -2.27. The van der Waals surface area contributed by atoms with Gasteiger partial charge in [-0.3, -0.25) is 4.79 Å². The summed E-state index contributed by atoms with van der Waals surface area (Å²) in [7, 11) is 1.61. The summed E-state index contributed by atoms with van der Waals surface area (Å²) in [5, 5.41) is 6.01. The first-order valence-electron chi connectivity index (χ1n) is 8.22. The summed E-state index contributed by atoms with van der Waals surface area (Å²) in [6.45, 7) is 8.20. The Bertz CT molecular complexity index is 888. The molecule has 25 heavy (non-hydrogen) atoms. The maximum absolute atomic E-state index is 13.1. The van der Waals surface area contributed by atoms with Crippen molar-refractivity contribution in [1.82, 2.24) is 5.32 Å². The lowest BCUT2D eigenvalue weighted by Crippen LogP contribution is -2.36. The molecule has 0 saturated carbocycles. The van der Waals surface area contributed by atoms with E-state index < -0.39 is 0 Å². The molecule has 3 rings (SSSR count). The summed E-state index contributed by atoms with van der Waals surface area (Å²) < 4.78 is 11.1. The molecule has 4 nitrogen and oxygen atoms in total. The number of carbonyl (C=O) groups is 1. The molecule has 1 aromatic carbocycles. The van der Waals surface area contributed by atoms with Crippen molar-refractivity contribution in [3.63, 3.8) is 0 Å². The number of nitrogens with one attached hydrogen (secondary N) is 1. The Kier molecular flexibility index (Phi) is 4.60. The molecule has 5 heteroatoms. The zero-order chi connectivity index (χ0) is 18.2. The van der Waals surface area contributed by atoms with Crippen LogP contribution in [0, 0.1) is 12.3 Å². The Balaban J connectivity index is 2.00. The standard InChI is InChI=1S/C20H23NO3S/c1-12-17(14-11-13(23-5)8-9-15(14)24-12)19(22)21-18(20(2,3)4)16-7-6-10-25-16/h6-11,18H,1-5H3,(H,21,22)/t18-/m0/s1.